The number of aromatic nitrogens is 2. The number of carbonyl (C=O) groups is 1. The number of nitrogens with one attached hydrogen (secondary N) is 1. The van der Waals surface area contributed by atoms with E-state index in [2.05, 4.69) is 15.5 Å². The third-order valence-corrected chi connectivity index (χ3v) is 7.00. The maximum absolute atomic E-state index is 12.9. The summed E-state index contributed by atoms with van der Waals surface area (Å²) < 4.78 is 70.4. The van der Waals surface area contributed by atoms with Crippen LogP contribution >= 0.6 is 0 Å². The first-order valence-electron chi connectivity index (χ1n) is 10.5. The SMILES string of the molecule is CN(Cc1ccccc1)S(=O)(=O)c1ccc(C(=O)Nc2nnc(-c3ccc(C(F)(F)F)cc3)o2)cc1. The summed E-state index contributed by atoms with van der Waals surface area (Å²) in [7, 11) is -2.32. The number of anilines is 1. The Morgan fingerprint density at radius 3 is 2.19 bits per heavy atom. The third kappa shape index (κ3) is 5.61. The van der Waals surface area contributed by atoms with E-state index in [1.807, 2.05) is 30.3 Å². The van der Waals surface area contributed by atoms with E-state index in [0.29, 0.717) is 0 Å². The number of nitrogens with zero attached hydrogens (tertiary/aromatic N) is 3. The molecule has 1 aromatic heterocycles. The zero-order valence-electron chi connectivity index (χ0n) is 18.7. The van der Waals surface area contributed by atoms with Crippen molar-refractivity contribution in [2.75, 3.05) is 12.4 Å². The van der Waals surface area contributed by atoms with Crippen molar-refractivity contribution in [1.29, 1.82) is 0 Å². The molecule has 0 spiro atoms. The van der Waals surface area contributed by atoms with E-state index < -0.39 is 27.7 Å². The van der Waals surface area contributed by atoms with Crippen molar-refractivity contribution in [1.82, 2.24) is 14.5 Å². The van der Waals surface area contributed by atoms with Crippen LogP contribution in [0.2, 0.25) is 0 Å². The third-order valence-electron chi connectivity index (χ3n) is 5.18. The molecule has 3 aromatic carbocycles. The van der Waals surface area contributed by atoms with E-state index in [-0.39, 0.29) is 34.5 Å². The van der Waals surface area contributed by atoms with Crippen LogP contribution in [0.5, 0.6) is 0 Å². The molecule has 1 N–H and O–H groups in total. The molecule has 0 fully saturated rings. The number of rotatable bonds is 7. The van der Waals surface area contributed by atoms with Crippen LogP contribution in [0.1, 0.15) is 21.5 Å². The van der Waals surface area contributed by atoms with Crippen molar-refractivity contribution in [3.8, 4) is 11.5 Å². The summed E-state index contributed by atoms with van der Waals surface area (Å²) in [6.45, 7) is 0.184. The van der Waals surface area contributed by atoms with E-state index in [1.54, 1.807) is 0 Å². The predicted molar refractivity (Wildman–Crippen MR) is 124 cm³/mol. The van der Waals surface area contributed by atoms with Crippen molar-refractivity contribution in [3.63, 3.8) is 0 Å². The number of carbonyl (C=O) groups excluding carboxylic acids is 1. The quantitative estimate of drug-likeness (QED) is 0.377. The Morgan fingerprint density at radius 1 is 0.944 bits per heavy atom. The average Bonchev–Trinajstić information content (AvgIpc) is 3.32. The van der Waals surface area contributed by atoms with Gasteiger partial charge < -0.3 is 4.42 Å². The molecule has 36 heavy (non-hydrogen) atoms. The molecular weight excluding hydrogens is 497 g/mol. The smallest absolute Gasteiger partial charge is 0.403 e. The average molecular weight is 517 g/mol. The van der Waals surface area contributed by atoms with Gasteiger partial charge in [0.2, 0.25) is 15.9 Å². The number of hydrogen-bond acceptors (Lipinski definition) is 6. The van der Waals surface area contributed by atoms with Gasteiger partial charge in [-0.05, 0) is 54.1 Å². The second-order valence-corrected chi connectivity index (χ2v) is 9.76. The van der Waals surface area contributed by atoms with E-state index in [4.69, 9.17) is 4.42 Å². The zero-order chi connectivity index (χ0) is 25.9. The van der Waals surface area contributed by atoms with Gasteiger partial charge in [0.05, 0.1) is 10.5 Å². The lowest BCUT2D eigenvalue weighted by atomic mass is 10.1. The van der Waals surface area contributed by atoms with Gasteiger partial charge in [-0.1, -0.05) is 35.4 Å². The molecule has 0 aliphatic carbocycles. The van der Waals surface area contributed by atoms with Gasteiger partial charge in [-0.15, -0.1) is 5.10 Å². The minimum absolute atomic E-state index is 0.0138. The summed E-state index contributed by atoms with van der Waals surface area (Å²) in [6.07, 6.45) is -4.47. The molecule has 1 amide bonds. The zero-order valence-corrected chi connectivity index (χ0v) is 19.5. The van der Waals surface area contributed by atoms with Crippen molar-refractivity contribution < 1.29 is 30.8 Å². The van der Waals surface area contributed by atoms with E-state index in [0.717, 1.165) is 17.7 Å². The molecule has 8 nitrogen and oxygen atoms in total. The van der Waals surface area contributed by atoms with Crippen LogP contribution in [-0.4, -0.2) is 35.9 Å². The van der Waals surface area contributed by atoms with Crippen LogP contribution in [0, 0.1) is 0 Å². The van der Waals surface area contributed by atoms with Crippen LogP contribution in [0.15, 0.2) is 88.2 Å². The van der Waals surface area contributed by atoms with Gasteiger partial charge in [-0.3, -0.25) is 10.1 Å². The van der Waals surface area contributed by atoms with E-state index in [1.165, 1.54) is 47.8 Å². The number of halogens is 3. The first-order valence-corrected chi connectivity index (χ1v) is 11.9. The summed E-state index contributed by atoms with van der Waals surface area (Å²) in [6, 6.07) is 18.3. The summed E-state index contributed by atoms with van der Waals surface area (Å²) in [4.78, 5) is 12.5. The molecule has 186 valence electrons. The van der Waals surface area contributed by atoms with Gasteiger partial charge in [0.25, 0.3) is 5.91 Å². The largest absolute Gasteiger partial charge is 0.416 e. The molecule has 0 aliphatic rings. The molecule has 12 heteroatoms. The summed E-state index contributed by atoms with van der Waals surface area (Å²) in [5.41, 5.74) is 0.380. The molecule has 4 aromatic rings. The maximum Gasteiger partial charge on any atom is 0.416 e. The number of hydrogen-bond donors (Lipinski definition) is 1. The standard InChI is InChI=1S/C24H19F3N4O4S/c1-31(15-16-5-3-2-4-6-16)36(33,34)20-13-9-17(10-14-20)21(32)28-23-30-29-22(35-23)18-7-11-19(12-8-18)24(25,26)27/h2-14H,15H2,1H3,(H,28,30,32). The lowest BCUT2D eigenvalue weighted by Crippen LogP contribution is -2.26. The molecule has 0 saturated carbocycles. The van der Waals surface area contributed by atoms with Gasteiger partial charge in [0, 0.05) is 24.7 Å². The van der Waals surface area contributed by atoms with Crippen LogP contribution < -0.4 is 5.32 Å². The summed E-state index contributed by atoms with van der Waals surface area (Å²) in [5, 5.41) is 9.78. The van der Waals surface area contributed by atoms with Gasteiger partial charge in [-0.25, -0.2) is 8.42 Å². The van der Waals surface area contributed by atoms with Gasteiger partial charge in [0.1, 0.15) is 0 Å². The second kappa shape index (κ2) is 9.91. The minimum Gasteiger partial charge on any atom is -0.403 e. The van der Waals surface area contributed by atoms with Crippen molar-refractivity contribution in [2.24, 2.45) is 0 Å². The number of amides is 1. The van der Waals surface area contributed by atoms with Crippen LogP contribution in [-0.2, 0) is 22.7 Å². The Kier molecular flexibility index (Phi) is 6.91. The first kappa shape index (κ1) is 25.1. The molecule has 4 rings (SSSR count). The Morgan fingerprint density at radius 2 is 1.58 bits per heavy atom. The minimum atomic E-state index is -4.47. The number of alkyl halides is 3. The Labute approximate surface area is 204 Å². The number of sulfonamides is 1. The molecule has 0 radical (unpaired) electrons. The van der Waals surface area contributed by atoms with Crippen molar-refractivity contribution >= 4 is 21.9 Å². The van der Waals surface area contributed by atoms with Gasteiger partial charge >= 0.3 is 12.2 Å². The molecule has 0 atom stereocenters. The molecule has 0 unspecified atom stereocenters. The second-order valence-electron chi connectivity index (χ2n) is 7.71. The first-order chi connectivity index (χ1) is 17.0. The fraction of sp³-hybridized carbons (Fsp3) is 0.125. The fourth-order valence-electron chi connectivity index (χ4n) is 3.25. The highest BCUT2D eigenvalue weighted by molar-refractivity contribution is 7.89. The fourth-order valence-corrected chi connectivity index (χ4v) is 4.40. The lowest BCUT2D eigenvalue weighted by molar-refractivity contribution is -0.137. The molecule has 0 aliphatic heterocycles. The normalized spacial score (nSPS) is 12.0. The van der Waals surface area contributed by atoms with Crippen molar-refractivity contribution in [2.45, 2.75) is 17.6 Å². The highest BCUT2D eigenvalue weighted by atomic mass is 32.2. The summed E-state index contributed by atoms with van der Waals surface area (Å²) >= 11 is 0. The Hall–Kier alpha value is -4.03. The van der Waals surface area contributed by atoms with Crippen molar-refractivity contribution in [3.05, 3.63) is 95.6 Å². The monoisotopic (exact) mass is 516 g/mol. The predicted octanol–water partition coefficient (Wildman–Crippen LogP) is 4.83. The van der Waals surface area contributed by atoms with Crippen LogP contribution in [0.4, 0.5) is 19.2 Å². The Balaban J connectivity index is 1.42. The molecular formula is C24H19F3N4O4S. The van der Waals surface area contributed by atoms with E-state index in [9.17, 15) is 26.4 Å². The van der Waals surface area contributed by atoms with Crippen LogP contribution in [0.25, 0.3) is 11.5 Å². The number of benzene rings is 3. The Bertz CT molecular complexity index is 1450. The highest BCUT2D eigenvalue weighted by Crippen LogP contribution is 2.31. The van der Waals surface area contributed by atoms with E-state index >= 15 is 0 Å². The van der Waals surface area contributed by atoms with Crippen LogP contribution in [0.3, 0.4) is 0 Å². The van der Waals surface area contributed by atoms with Gasteiger partial charge in [0.15, 0.2) is 0 Å². The molecule has 0 saturated heterocycles. The van der Waals surface area contributed by atoms with Gasteiger partial charge in [-0.2, -0.15) is 17.5 Å². The molecule has 0 bridgehead atoms. The summed E-state index contributed by atoms with van der Waals surface area (Å²) in [5.74, 6) is -0.721. The maximum atomic E-state index is 12.9. The lowest BCUT2D eigenvalue weighted by Gasteiger charge is -2.17. The molecule has 1 heterocycles. The topological polar surface area (TPSA) is 105 Å². The highest BCUT2D eigenvalue weighted by Gasteiger charge is 2.30.